The predicted octanol–water partition coefficient (Wildman–Crippen LogP) is 14.4. The maximum absolute atomic E-state index is 2.59. The molecule has 1 nitrogen and oxygen atoms in total. The molecule has 7 aromatic rings. The zero-order chi connectivity index (χ0) is 36.9. The van der Waals surface area contributed by atoms with E-state index < -0.39 is 0 Å². The highest BCUT2D eigenvalue weighted by Crippen LogP contribution is 2.54. The lowest BCUT2D eigenvalue weighted by molar-refractivity contribution is 0.521. The molecule has 0 spiro atoms. The lowest BCUT2D eigenvalue weighted by Gasteiger charge is -2.45. The van der Waals surface area contributed by atoms with Crippen LogP contribution in [0, 0.1) is 0 Å². The third kappa shape index (κ3) is 5.87. The summed E-state index contributed by atoms with van der Waals surface area (Å²) in [4.78, 5) is 2.53. The van der Waals surface area contributed by atoms with Gasteiger partial charge in [0.2, 0.25) is 0 Å². The lowest BCUT2D eigenvalue weighted by Crippen LogP contribution is -2.36. The van der Waals surface area contributed by atoms with E-state index in [0.717, 1.165) is 24.2 Å². The second-order valence-electron chi connectivity index (χ2n) is 16.4. The van der Waals surface area contributed by atoms with Gasteiger partial charge < -0.3 is 4.90 Å². The van der Waals surface area contributed by atoms with Gasteiger partial charge in [-0.2, -0.15) is 0 Å². The molecule has 0 atom stereocenters. The average Bonchev–Trinajstić information content (AvgIpc) is 3.48. The molecule has 1 heteroatoms. The van der Waals surface area contributed by atoms with Crippen LogP contribution >= 0.6 is 0 Å². The van der Waals surface area contributed by atoms with Gasteiger partial charge in [0.05, 0.1) is 5.69 Å². The Morgan fingerprint density at radius 1 is 0.389 bits per heavy atom. The van der Waals surface area contributed by atoms with Crippen molar-refractivity contribution in [3.63, 3.8) is 0 Å². The van der Waals surface area contributed by atoms with E-state index in [1.807, 2.05) is 0 Å². The Balaban J connectivity index is 1.32. The molecular formula is C53H49N. The number of benzene rings is 7. The summed E-state index contributed by atoms with van der Waals surface area (Å²) in [6, 6.07) is 61.2. The van der Waals surface area contributed by atoms with Crippen molar-refractivity contribution in [3.8, 4) is 33.4 Å². The summed E-state index contributed by atoms with van der Waals surface area (Å²) in [5.41, 5.74) is 19.5. The number of fused-ring (bicyclic) bond motifs is 3. The van der Waals surface area contributed by atoms with Crippen LogP contribution in [0.25, 0.3) is 33.4 Å². The van der Waals surface area contributed by atoms with E-state index >= 15 is 0 Å². The van der Waals surface area contributed by atoms with Gasteiger partial charge in [0.15, 0.2) is 0 Å². The fourth-order valence-electron chi connectivity index (χ4n) is 9.39. The SMILES string of the molecule is CC1(C)c2ccccc2C(C)(C)c2cc(N(c3ccc(-c4ccccc4)cc3)c3ccc(-c4ccccc4)cc3)c(-c3cccc4c3CCCCC4)cc21. The first-order valence-corrected chi connectivity index (χ1v) is 19.8. The van der Waals surface area contributed by atoms with Gasteiger partial charge in [0.1, 0.15) is 0 Å². The number of anilines is 3. The Bertz CT molecular complexity index is 2350. The van der Waals surface area contributed by atoms with Crippen molar-refractivity contribution in [2.75, 3.05) is 4.90 Å². The molecule has 0 saturated heterocycles. The Kier molecular flexibility index (Phi) is 8.62. The quantitative estimate of drug-likeness (QED) is 0.156. The third-order valence-electron chi connectivity index (χ3n) is 12.4. The Morgan fingerprint density at radius 2 is 0.870 bits per heavy atom. The molecule has 0 heterocycles. The number of hydrogen-bond donors (Lipinski definition) is 0. The minimum absolute atomic E-state index is 0.153. The average molecular weight is 700 g/mol. The van der Waals surface area contributed by atoms with Crippen molar-refractivity contribution in [3.05, 3.63) is 197 Å². The molecule has 0 amide bonds. The molecule has 2 aliphatic rings. The summed E-state index contributed by atoms with van der Waals surface area (Å²) >= 11 is 0. The predicted molar refractivity (Wildman–Crippen MR) is 229 cm³/mol. The van der Waals surface area contributed by atoms with Crippen LogP contribution in [0.2, 0.25) is 0 Å². The van der Waals surface area contributed by atoms with Gasteiger partial charge in [-0.25, -0.2) is 0 Å². The smallest absolute Gasteiger partial charge is 0.0543 e. The van der Waals surface area contributed by atoms with Crippen LogP contribution in [0.1, 0.15) is 80.3 Å². The van der Waals surface area contributed by atoms with Gasteiger partial charge in [-0.05, 0) is 123 Å². The standard InChI is InChI=1S/C53H49N/c1-52(2)47-25-14-15-26-48(47)53(3,4)50-36-51(46(35-49(50)52)45-24-16-22-41-21-12-7-13-23-44(41)45)54(42-31-27-39(28-32-42)37-17-8-5-9-18-37)43-33-29-40(30-34-43)38-19-10-6-11-20-38/h5-6,8-11,14-20,22,24-36H,7,12-13,21,23H2,1-4H3. The normalized spacial score (nSPS) is 15.3. The highest BCUT2D eigenvalue weighted by atomic mass is 15.1. The summed E-state index contributed by atoms with van der Waals surface area (Å²) in [5.74, 6) is 0. The molecule has 0 bridgehead atoms. The zero-order valence-electron chi connectivity index (χ0n) is 32.1. The van der Waals surface area contributed by atoms with E-state index in [9.17, 15) is 0 Å². The van der Waals surface area contributed by atoms with Crippen LogP contribution in [0.15, 0.2) is 164 Å². The van der Waals surface area contributed by atoms with E-state index in [1.165, 1.54) is 91.7 Å². The molecule has 0 unspecified atom stereocenters. The summed E-state index contributed by atoms with van der Waals surface area (Å²) in [6.45, 7) is 9.70. The number of hydrogen-bond acceptors (Lipinski definition) is 1. The maximum Gasteiger partial charge on any atom is 0.0543 e. The van der Waals surface area contributed by atoms with Crippen molar-refractivity contribution in [1.82, 2.24) is 0 Å². The topological polar surface area (TPSA) is 3.24 Å². The molecule has 7 aromatic carbocycles. The molecular weight excluding hydrogens is 651 g/mol. The van der Waals surface area contributed by atoms with Crippen molar-refractivity contribution in [2.24, 2.45) is 0 Å². The van der Waals surface area contributed by atoms with E-state index in [1.54, 1.807) is 0 Å². The lowest BCUT2D eigenvalue weighted by atomic mass is 9.59. The van der Waals surface area contributed by atoms with Gasteiger partial charge in [-0.1, -0.05) is 162 Å². The van der Waals surface area contributed by atoms with Crippen LogP contribution in [0.4, 0.5) is 17.1 Å². The maximum atomic E-state index is 2.59. The minimum atomic E-state index is -0.178. The van der Waals surface area contributed by atoms with Crippen molar-refractivity contribution in [1.29, 1.82) is 0 Å². The molecule has 0 aliphatic heterocycles. The molecule has 0 radical (unpaired) electrons. The first-order valence-electron chi connectivity index (χ1n) is 19.8. The van der Waals surface area contributed by atoms with Crippen LogP contribution in [-0.4, -0.2) is 0 Å². The van der Waals surface area contributed by atoms with E-state index in [2.05, 4.69) is 196 Å². The molecule has 0 saturated carbocycles. The Hall–Kier alpha value is -5.66. The van der Waals surface area contributed by atoms with Gasteiger partial charge in [-0.15, -0.1) is 0 Å². The van der Waals surface area contributed by atoms with Crippen LogP contribution in [-0.2, 0) is 23.7 Å². The van der Waals surface area contributed by atoms with E-state index in [4.69, 9.17) is 0 Å². The minimum Gasteiger partial charge on any atom is -0.310 e. The molecule has 54 heavy (non-hydrogen) atoms. The van der Waals surface area contributed by atoms with Gasteiger partial charge in [-0.3, -0.25) is 0 Å². The fourth-order valence-corrected chi connectivity index (χ4v) is 9.39. The largest absolute Gasteiger partial charge is 0.310 e. The molecule has 0 fully saturated rings. The number of aryl methyl sites for hydroxylation is 1. The third-order valence-corrected chi connectivity index (χ3v) is 12.4. The fraction of sp³-hybridized carbons (Fsp3) is 0.208. The first-order chi connectivity index (χ1) is 26.3. The van der Waals surface area contributed by atoms with E-state index in [0.29, 0.717) is 0 Å². The molecule has 9 rings (SSSR count). The highest BCUT2D eigenvalue weighted by molar-refractivity contribution is 5.92. The Morgan fingerprint density at radius 3 is 1.43 bits per heavy atom. The van der Waals surface area contributed by atoms with Crippen molar-refractivity contribution < 1.29 is 0 Å². The summed E-state index contributed by atoms with van der Waals surface area (Å²) < 4.78 is 0. The summed E-state index contributed by atoms with van der Waals surface area (Å²) in [7, 11) is 0. The highest BCUT2D eigenvalue weighted by Gasteiger charge is 2.42. The van der Waals surface area contributed by atoms with Gasteiger partial charge in [0, 0.05) is 27.8 Å². The molecule has 2 aliphatic carbocycles. The van der Waals surface area contributed by atoms with Gasteiger partial charge >= 0.3 is 0 Å². The Labute approximate surface area is 322 Å². The van der Waals surface area contributed by atoms with Gasteiger partial charge in [0.25, 0.3) is 0 Å². The number of nitrogens with zero attached hydrogens (tertiary/aromatic N) is 1. The zero-order valence-corrected chi connectivity index (χ0v) is 32.1. The second kappa shape index (κ2) is 13.6. The van der Waals surface area contributed by atoms with Crippen LogP contribution < -0.4 is 4.90 Å². The molecule has 0 aromatic heterocycles. The summed E-state index contributed by atoms with van der Waals surface area (Å²) in [6.07, 6.45) is 6.07. The first kappa shape index (κ1) is 34.1. The molecule has 0 N–H and O–H groups in total. The van der Waals surface area contributed by atoms with Crippen molar-refractivity contribution >= 4 is 17.1 Å². The molecule has 266 valence electrons. The second-order valence-corrected chi connectivity index (χ2v) is 16.4. The van der Waals surface area contributed by atoms with Crippen molar-refractivity contribution in [2.45, 2.75) is 70.6 Å². The van der Waals surface area contributed by atoms with Crippen LogP contribution in [0.5, 0.6) is 0 Å². The van der Waals surface area contributed by atoms with E-state index in [-0.39, 0.29) is 10.8 Å². The summed E-state index contributed by atoms with van der Waals surface area (Å²) in [5, 5.41) is 0. The van der Waals surface area contributed by atoms with Crippen LogP contribution in [0.3, 0.4) is 0 Å². The monoisotopic (exact) mass is 699 g/mol. The number of rotatable bonds is 6.